The number of nitrogens with zero attached hydrogens (tertiary/aromatic N) is 2. The summed E-state index contributed by atoms with van der Waals surface area (Å²) in [6.07, 6.45) is 1.40. The molecule has 0 radical (unpaired) electrons. The Morgan fingerprint density at radius 2 is 2.04 bits per heavy atom. The lowest BCUT2D eigenvalue weighted by Crippen LogP contribution is -2.35. The number of likely N-dealkylation sites (N-methyl/N-ethyl adjacent to an activating group) is 1. The van der Waals surface area contributed by atoms with Gasteiger partial charge in [0.15, 0.2) is 0 Å². The van der Waals surface area contributed by atoms with Gasteiger partial charge >= 0.3 is 10.2 Å². The van der Waals surface area contributed by atoms with Crippen molar-refractivity contribution in [1.29, 1.82) is 0 Å². The van der Waals surface area contributed by atoms with Gasteiger partial charge in [0.25, 0.3) is 5.91 Å². The van der Waals surface area contributed by atoms with Crippen molar-refractivity contribution >= 4 is 50.5 Å². The van der Waals surface area contributed by atoms with Gasteiger partial charge in [0.2, 0.25) is 0 Å². The normalized spacial score (nSPS) is 16.1. The summed E-state index contributed by atoms with van der Waals surface area (Å²) < 4.78 is 42.3. The first kappa shape index (κ1) is 18.6. The standard InChI is InChI=1S/C16H13ClFN3O3S2/c1-9-3-6-15(25-9)13-8-14(21(2)26(23,24)20-13)16(22)19-10-4-5-12(18)11(17)7-10/h3-8H,1-2H3,(H,19,22). The quantitative estimate of drug-likeness (QED) is 0.838. The SMILES string of the molecule is Cc1ccc(C2=NS(=O)(=O)N(C)C(C(=O)Nc3ccc(F)c(Cl)c3)=C2)s1. The van der Waals surface area contributed by atoms with Crippen LogP contribution >= 0.6 is 22.9 Å². The van der Waals surface area contributed by atoms with Crippen molar-refractivity contribution < 1.29 is 17.6 Å². The number of anilines is 1. The molecule has 1 aromatic carbocycles. The fourth-order valence-corrected chi connectivity index (χ4v) is 4.20. The first-order chi connectivity index (χ1) is 12.2. The van der Waals surface area contributed by atoms with E-state index in [2.05, 4.69) is 9.71 Å². The molecule has 0 saturated carbocycles. The van der Waals surface area contributed by atoms with Crippen LogP contribution in [0.25, 0.3) is 0 Å². The van der Waals surface area contributed by atoms with E-state index in [4.69, 9.17) is 11.6 Å². The van der Waals surface area contributed by atoms with Crippen molar-refractivity contribution in [1.82, 2.24) is 4.31 Å². The van der Waals surface area contributed by atoms with Gasteiger partial charge in [-0.3, -0.25) is 4.79 Å². The van der Waals surface area contributed by atoms with Crippen LogP contribution in [0.4, 0.5) is 10.1 Å². The zero-order chi connectivity index (χ0) is 19.1. The third kappa shape index (κ3) is 3.64. The molecule has 1 aromatic heterocycles. The highest BCUT2D eigenvalue weighted by molar-refractivity contribution is 7.88. The molecule has 6 nitrogen and oxygen atoms in total. The zero-order valence-electron chi connectivity index (χ0n) is 13.7. The average molecular weight is 414 g/mol. The van der Waals surface area contributed by atoms with Crippen LogP contribution in [0.15, 0.2) is 46.5 Å². The van der Waals surface area contributed by atoms with Crippen LogP contribution in [0.1, 0.15) is 9.75 Å². The van der Waals surface area contributed by atoms with Gasteiger partial charge in [-0.2, -0.15) is 8.42 Å². The number of benzene rings is 1. The van der Waals surface area contributed by atoms with Crippen LogP contribution in [0.2, 0.25) is 5.02 Å². The number of hydrogen-bond acceptors (Lipinski definition) is 4. The Balaban J connectivity index is 1.95. The van der Waals surface area contributed by atoms with E-state index >= 15 is 0 Å². The number of thiophene rings is 1. The number of rotatable bonds is 3. The lowest BCUT2D eigenvalue weighted by atomic mass is 10.2. The summed E-state index contributed by atoms with van der Waals surface area (Å²) in [5.74, 6) is -1.30. The summed E-state index contributed by atoms with van der Waals surface area (Å²) in [6.45, 7) is 1.88. The first-order valence-corrected chi connectivity index (χ1v) is 9.90. The van der Waals surface area contributed by atoms with Gasteiger partial charge in [0.05, 0.1) is 15.6 Å². The number of hydrogen-bond donors (Lipinski definition) is 1. The predicted octanol–water partition coefficient (Wildman–Crippen LogP) is 3.35. The van der Waals surface area contributed by atoms with Gasteiger partial charge in [-0.05, 0) is 43.3 Å². The lowest BCUT2D eigenvalue weighted by Gasteiger charge is -2.23. The molecule has 26 heavy (non-hydrogen) atoms. The van der Waals surface area contributed by atoms with Crippen LogP contribution in [0.5, 0.6) is 0 Å². The summed E-state index contributed by atoms with van der Waals surface area (Å²) in [5.41, 5.74) is 0.314. The molecule has 2 aromatic rings. The van der Waals surface area contributed by atoms with Crippen LogP contribution in [0, 0.1) is 12.7 Å². The van der Waals surface area contributed by atoms with Gasteiger partial charge in [-0.15, -0.1) is 15.7 Å². The summed E-state index contributed by atoms with van der Waals surface area (Å²) in [5, 5.41) is 2.35. The van der Waals surface area contributed by atoms with Crippen molar-refractivity contribution in [3.8, 4) is 0 Å². The highest BCUT2D eigenvalue weighted by Crippen LogP contribution is 2.25. The molecule has 0 unspecified atom stereocenters. The Morgan fingerprint density at radius 3 is 2.65 bits per heavy atom. The first-order valence-electron chi connectivity index (χ1n) is 7.31. The Morgan fingerprint density at radius 1 is 1.31 bits per heavy atom. The third-order valence-corrected chi connectivity index (χ3v) is 6.20. The summed E-state index contributed by atoms with van der Waals surface area (Å²) in [4.78, 5) is 14.2. The molecule has 1 aliphatic rings. The van der Waals surface area contributed by atoms with E-state index in [0.29, 0.717) is 4.88 Å². The molecule has 1 N–H and O–H groups in total. The Hall–Kier alpha value is -2.23. The molecule has 0 bridgehead atoms. The van der Waals surface area contributed by atoms with E-state index in [1.165, 1.54) is 36.6 Å². The van der Waals surface area contributed by atoms with E-state index in [-0.39, 0.29) is 22.1 Å². The van der Waals surface area contributed by atoms with Gasteiger partial charge in [0, 0.05) is 17.6 Å². The summed E-state index contributed by atoms with van der Waals surface area (Å²) in [7, 11) is -2.80. The van der Waals surface area contributed by atoms with E-state index in [9.17, 15) is 17.6 Å². The lowest BCUT2D eigenvalue weighted by molar-refractivity contribution is -0.113. The number of amides is 1. The second kappa shape index (κ2) is 6.82. The molecule has 0 spiro atoms. The monoisotopic (exact) mass is 413 g/mol. The maximum absolute atomic E-state index is 13.2. The van der Waals surface area contributed by atoms with Crippen molar-refractivity contribution in [2.24, 2.45) is 4.40 Å². The molecule has 0 saturated heterocycles. The van der Waals surface area contributed by atoms with Crippen molar-refractivity contribution in [3.63, 3.8) is 0 Å². The smallest absolute Gasteiger partial charge is 0.321 e. The number of carbonyl (C=O) groups is 1. The second-order valence-electron chi connectivity index (χ2n) is 5.44. The Kier molecular flexibility index (Phi) is 4.87. The number of halogens is 2. The van der Waals surface area contributed by atoms with Crippen LogP contribution < -0.4 is 5.32 Å². The average Bonchev–Trinajstić information content (AvgIpc) is 2.99. The molecule has 2 heterocycles. The third-order valence-electron chi connectivity index (χ3n) is 3.58. The summed E-state index contributed by atoms with van der Waals surface area (Å²) >= 11 is 7.07. The van der Waals surface area contributed by atoms with Crippen molar-refractivity contribution in [2.75, 3.05) is 12.4 Å². The maximum Gasteiger partial charge on any atom is 0.345 e. The molecule has 1 aliphatic heterocycles. The number of allylic oxidation sites excluding steroid dienone is 1. The maximum atomic E-state index is 13.2. The van der Waals surface area contributed by atoms with Gasteiger partial charge in [-0.25, -0.2) is 8.70 Å². The molecule has 0 aliphatic carbocycles. The predicted molar refractivity (Wildman–Crippen MR) is 100 cm³/mol. The number of nitrogens with one attached hydrogen (secondary N) is 1. The number of carbonyl (C=O) groups excluding carboxylic acids is 1. The van der Waals surface area contributed by atoms with Crippen LogP contribution in [-0.4, -0.2) is 31.4 Å². The van der Waals surface area contributed by atoms with Gasteiger partial charge in [-0.1, -0.05) is 11.6 Å². The molecule has 0 atom stereocenters. The Bertz CT molecular complexity index is 1060. The molecular weight excluding hydrogens is 401 g/mol. The minimum atomic E-state index is -4.04. The highest BCUT2D eigenvalue weighted by Gasteiger charge is 2.30. The fourth-order valence-electron chi connectivity index (χ4n) is 2.22. The Labute approximate surface area is 158 Å². The molecule has 3 rings (SSSR count). The molecular formula is C16H13ClFN3O3S2. The zero-order valence-corrected chi connectivity index (χ0v) is 16.0. The largest absolute Gasteiger partial charge is 0.345 e. The minimum absolute atomic E-state index is 0.110. The van der Waals surface area contributed by atoms with E-state index < -0.39 is 21.9 Å². The highest BCUT2D eigenvalue weighted by atomic mass is 35.5. The molecule has 0 fully saturated rings. The number of aryl methyl sites for hydroxylation is 1. The van der Waals surface area contributed by atoms with E-state index in [1.807, 2.05) is 13.0 Å². The van der Waals surface area contributed by atoms with Crippen molar-refractivity contribution in [3.05, 3.63) is 62.7 Å². The molecule has 10 heteroatoms. The fraction of sp³-hybridized carbons (Fsp3) is 0.125. The van der Waals surface area contributed by atoms with E-state index in [0.717, 1.165) is 15.2 Å². The summed E-state index contributed by atoms with van der Waals surface area (Å²) in [6, 6.07) is 7.25. The van der Waals surface area contributed by atoms with Gasteiger partial charge in [0.1, 0.15) is 11.5 Å². The van der Waals surface area contributed by atoms with Crippen LogP contribution in [0.3, 0.4) is 0 Å². The molecule has 136 valence electrons. The van der Waals surface area contributed by atoms with Crippen molar-refractivity contribution in [2.45, 2.75) is 6.92 Å². The molecule has 1 amide bonds. The van der Waals surface area contributed by atoms with Gasteiger partial charge < -0.3 is 5.32 Å². The van der Waals surface area contributed by atoms with Crippen LogP contribution in [-0.2, 0) is 15.0 Å². The van der Waals surface area contributed by atoms with E-state index in [1.54, 1.807) is 6.07 Å². The second-order valence-corrected chi connectivity index (χ2v) is 8.77. The topological polar surface area (TPSA) is 78.8 Å². The minimum Gasteiger partial charge on any atom is -0.321 e.